The first-order valence-corrected chi connectivity index (χ1v) is 8.74. The zero-order valence-electron chi connectivity index (χ0n) is 11.7. The van der Waals surface area contributed by atoms with Crippen LogP contribution in [0.25, 0.3) is 21.6 Å². The van der Waals surface area contributed by atoms with Crippen LogP contribution >= 0.6 is 11.3 Å². The highest BCUT2D eigenvalue weighted by molar-refractivity contribution is 7.77. The van der Waals surface area contributed by atoms with E-state index < -0.39 is 11.3 Å². The topological polar surface area (TPSA) is 49.3 Å². The Morgan fingerprint density at radius 1 is 0.955 bits per heavy atom. The van der Waals surface area contributed by atoms with Crippen LogP contribution in [0.5, 0.6) is 0 Å². The van der Waals surface area contributed by atoms with Crippen molar-refractivity contribution in [2.24, 2.45) is 0 Å². The number of hydrogen-bond donors (Lipinski definition) is 2. The van der Waals surface area contributed by atoms with E-state index in [-0.39, 0.29) is 0 Å². The van der Waals surface area contributed by atoms with Crippen LogP contribution < -0.4 is 4.72 Å². The molecule has 1 atom stereocenters. The highest BCUT2D eigenvalue weighted by Gasteiger charge is 2.12. The van der Waals surface area contributed by atoms with Crippen molar-refractivity contribution in [2.75, 3.05) is 0 Å². The van der Waals surface area contributed by atoms with Gasteiger partial charge < -0.3 is 0 Å². The Hall–Kier alpha value is -1.79. The van der Waals surface area contributed by atoms with E-state index in [1.807, 2.05) is 36.4 Å². The molecule has 0 aliphatic heterocycles. The molecule has 112 valence electrons. The SMILES string of the molecule is O=S(O)NCc1cc(-c2ccccc2)c(-c2ccccc2)s1. The summed E-state index contributed by atoms with van der Waals surface area (Å²) in [5.74, 6) is 0. The van der Waals surface area contributed by atoms with Crippen molar-refractivity contribution < 1.29 is 8.76 Å². The van der Waals surface area contributed by atoms with E-state index in [4.69, 9.17) is 4.55 Å². The lowest BCUT2D eigenvalue weighted by atomic mass is 10.0. The molecule has 0 fully saturated rings. The minimum absolute atomic E-state index is 0.375. The first-order chi connectivity index (χ1) is 10.7. The molecule has 3 nitrogen and oxygen atoms in total. The Kier molecular flexibility index (Phi) is 4.80. The van der Waals surface area contributed by atoms with Crippen molar-refractivity contribution >= 4 is 22.6 Å². The average molecular weight is 329 g/mol. The fraction of sp³-hybridized carbons (Fsp3) is 0.0588. The molecule has 0 saturated heterocycles. The normalized spacial score (nSPS) is 12.2. The molecule has 1 aromatic heterocycles. The molecule has 2 N–H and O–H groups in total. The summed E-state index contributed by atoms with van der Waals surface area (Å²) in [7, 11) is 0. The van der Waals surface area contributed by atoms with Gasteiger partial charge in [0.05, 0.1) is 0 Å². The Morgan fingerprint density at radius 2 is 1.55 bits per heavy atom. The second-order valence-corrected chi connectivity index (χ2v) is 6.68. The minimum Gasteiger partial charge on any atom is -0.294 e. The molecule has 0 amide bonds. The smallest absolute Gasteiger partial charge is 0.232 e. The monoisotopic (exact) mass is 329 g/mol. The summed E-state index contributed by atoms with van der Waals surface area (Å²) >= 11 is -0.354. The maximum atomic E-state index is 10.8. The highest BCUT2D eigenvalue weighted by Crippen LogP contribution is 2.39. The van der Waals surface area contributed by atoms with Gasteiger partial charge >= 0.3 is 0 Å². The second kappa shape index (κ2) is 6.98. The van der Waals surface area contributed by atoms with Crippen molar-refractivity contribution in [1.29, 1.82) is 0 Å². The second-order valence-electron chi connectivity index (χ2n) is 4.76. The lowest BCUT2D eigenvalue weighted by Crippen LogP contribution is -2.14. The van der Waals surface area contributed by atoms with Gasteiger partial charge in [-0.15, -0.1) is 11.3 Å². The van der Waals surface area contributed by atoms with Crippen LogP contribution in [0.3, 0.4) is 0 Å². The number of rotatable bonds is 5. The molecule has 0 spiro atoms. The van der Waals surface area contributed by atoms with Gasteiger partial charge in [0.2, 0.25) is 11.3 Å². The van der Waals surface area contributed by atoms with Gasteiger partial charge in [-0.2, -0.15) is 0 Å². The summed E-state index contributed by atoms with van der Waals surface area (Å²) in [5, 5.41) is 0. The first-order valence-electron chi connectivity index (χ1n) is 6.82. The van der Waals surface area contributed by atoms with Crippen molar-refractivity contribution in [2.45, 2.75) is 6.54 Å². The molecule has 1 heterocycles. The molecule has 2 aromatic carbocycles. The predicted molar refractivity (Wildman–Crippen MR) is 92.8 cm³/mol. The Balaban J connectivity index is 2.04. The molecule has 0 aliphatic rings. The largest absolute Gasteiger partial charge is 0.294 e. The van der Waals surface area contributed by atoms with Crippen LogP contribution in [0, 0.1) is 0 Å². The Bertz CT molecular complexity index is 713. The van der Waals surface area contributed by atoms with Gasteiger partial charge in [-0.1, -0.05) is 60.7 Å². The van der Waals surface area contributed by atoms with E-state index in [0.29, 0.717) is 6.54 Å². The van der Waals surface area contributed by atoms with Crippen molar-refractivity contribution in [3.8, 4) is 21.6 Å². The molecule has 22 heavy (non-hydrogen) atoms. The van der Waals surface area contributed by atoms with Gasteiger partial charge in [-0.25, -0.2) is 8.93 Å². The maximum Gasteiger partial charge on any atom is 0.232 e. The van der Waals surface area contributed by atoms with Crippen LogP contribution in [0.2, 0.25) is 0 Å². The standard InChI is InChI=1S/C17H15NO2S2/c19-22(20)18-12-15-11-16(13-7-3-1-4-8-13)17(21-15)14-9-5-2-6-10-14/h1-11,18H,12H2,(H,19,20). The predicted octanol–water partition coefficient (Wildman–Crippen LogP) is 4.31. The summed E-state index contributed by atoms with van der Waals surface area (Å²) in [5.41, 5.74) is 3.45. The molecule has 0 radical (unpaired) electrons. The quantitative estimate of drug-likeness (QED) is 0.685. The minimum atomic E-state index is -2.00. The molecular formula is C17H15NO2S2. The van der Waals surface area contributed by atoms with Crippen LogP contribution in [0.4, 0.5) is 0 Å². The van der Waals surface area contributed by atoms with Gasteiger partial charge in [-0.3, -0.25) is 4.55 Å². The third-order valence-electron chi connectivity index (χ3n) is 3.27. The lowest BCUT2D eigenvalue weighted by Gasteiger charge is -2.03. The molecule has 0 aliphatic carbocycles. The van der Waals surface area contributed by atoms with E-state index in [1.165, 1.54) is 4.88 Å². The summed E-state index contributed by atoms with van der Waals surface area (Å²) in [6, 6.07) is 22.5. The summed E-state index contributed by atoms with van der Waals surface area (Å²) in [4.78, 5) is 2.20. The van der Waals surface area contributed by atoms with E-state index in [0.717, 1.165) is 21.6 Å². The molecule has 3 aromatic rings. The fourth-order valence-corrected chi connectivity index (χ4v) is 3.79. The van der Waals surface area contributed by atoms with Gasteiger partial charge in [0.25, 0.3) is 0 Å². The summed E-state index contributed by atoms with van der Waals surface area (Å²) < 4.78 is 22.2. The van der Waals surface area contributed by atoms with E-state index in [9.17, 15) is 4.21 Å². The van der Waals surface area contributed by atoms with Crippen LogP contribution in [-0.2, 0) is 17.8 Å². The zero-order valence-corrected chi connectivity index (χ0v) is 13.4. The van der Waals surface area contributed by atoms with E-state index in [1.54, 1.807) is 11.3 Å². The molecule has 3 rings (SSSR count). The van der Waals surface area contributed by atoms with Crippen molar-refractivity contribution in [3.05, 3.63) is 71.6 Å². The lowest BCUT2D eigenvalue weighted by molar-refractivity contribution is 0.549. The van der Waals surface area contributed by atoms with Gasteiger partial charge in [-0.05, 0) is 17.2 Å². The van der Waals surface area contributed by atoms with Gasteiger partial charge in [0.15, 0.2) is 0 Å². The average Bonchev–Trinajstić information content (AvgIpc) is 2.99. The number of nitrogens with one attached hydrogen (secondary N) is 1. The number of hydrogen-bond acceptors (Lipinski definition) is 2. The summed E-state index contributed by atoms with van der Waals surface area (Å²) in [6.45, 7) is 0.375. The fourth-order valence-electron chi connectivity index (χ4n) is 2.30. The van der Waals surface area contributed by atoms with Gasteiger partial charge in [0.1, 0.15) is 0 Å². The van der Waals surface area contributed by atoms with E-state index >= 15 is 0 Å². The number of benzene rings is 2. The maximum absolute atomic E-state index is 10.8. The van der Waals surface area contributed by atoms with E-state index in [2.05, 4.69) is 35.1 Å². The molecule has 5 heteroatoms. The third-order valence-corrected chi connectivity index (χ3v) is 4.85. The Morgan fingerprint density at radius 3 is 2.14 bits per heavy atom. The van der Waals surface area contributed by atoms with Gasteiger partial charge in [0, 0.05) is 21.9 Å². The zero-order chi connectivity index (χ0) is 15.4. The first kappa shape index (κ1) is 15.1. The highest BCUT2D eigenvalue weighted by atomic mass is 32.2. The number of thiophene rings is 1. The third kappa shape index (κ3) is 3.51. The molecular weight excluding hydrogens is 314 g/mol. The van der Waals surface area contributed by atoms with Crippen molar-refractivity contribution in [3.63, 3.8) is 0 Å². The molecule has 0 saturated carbocycles. The molecule has 1 unspecified atom stereocenters. The van der Waals surface area contributed by atoms with Crippen LogP contribution in [0.15, 0.2) is 66.7 Å². The van der Waals surface area contributed by atoms with Crippen LogP contribution in [0.1, 0.15) is 4.88 Å². The summed E-state index contributed by atoms with van der Waals surface area (Å²) in [6.07, 6.45) is 0. The van der Waals surface area contributed by atoms with Crippen LogP contribution in [-0.4, -0.2) is 8.76 Å². The molecule has 0 bridgehead atoms. The Labute approximate surface area is 136 Å². The van der Waals surface area contributed by atoms with Crippen molar-refractivity contribution in [1.82, 2.24) is 4.72 Å².